The second kappa shape index (κ2) is 13.7. The van der Waals surface area contributed by atoms with Gasteiger partial charge in [-0.2, -0.15) is 0 Å². The Kier molecular flexibility index (Phi) is 11.1. The molecule has 3 aromatic rings. The van der Waals surface area contributed by atoms with Crippen molar-refractivity contribution in [1.82, 2.24) is 0 Å². The molecule has 0 atom stereocenters. The molecule has 0 unspecified atom stereocenters. The van der Waals surface area contributed by atoms with Gasteiger partial charge in [0.15, 0.2) is 5.78 Å². The van der Waals surface area contributed by atoms with Crippen LogP contribution in [0.15, 0.2) is 91.0 Å². The van der Waals surface area contributed by atoms with Crippen LogP contribution >= 0.6 is 0 Å². The third-order valence-electron chi connectivity index (χ3n) is 3.68. The fourth-order valence-corrected chi connectivity index (χ4v) is 2.38. The van der Waals surface area contributed by atoms with E-state index in [1.54, 1.807) is 42.5 Å². The minimum atomic E-state index is -0.217. The Hall–Kier alpha value is -3.46. The van der Waals surface area contributed by atoms with Crippen LogP contribution in [0.4, 0.5) is 5.69 Å². The molecule has 1 N–H and O–H groups in total. The van der Waals surface area contributed by atoms with Crippen LogP contribution in [0.25, 0.3) is 6.08 Å². The van der Waals surface area contributed by atoms with Gasteiger partial charge in [-0.1, -0.05) is 88.4 Å². The average molecular weight is 388 g/mol. The molecule has 0 heterocycles. The van der Waals surface area contributed by atoms with Crippen molar-refractivity contribution in [2.24, 2.45) is 0 Å². The summed E-state index contributed by atoms with van der Waals surface area (Å²) in [6.07, 6.45) is 3.24. The van der Waals surface area contributed by atoms with Crippen molar-refractivity contribution in [3.8, 4) is 0 Å². The molecule has 0 bridgehead atoms. The van der Waals surface area contributed by atoms with Crippen LogP contribution in [0, 0.1) is 0 Å². The van der Waals surface area contributed by atoms with Crippen LogP contribution in [0.1, 0.15) is 49.2 Å². The van der Waals surface area contributed by atoms with E-state index in [4.69, 9.17) is 0 Å². The SMILES string of the molecule is CC.CC.O=C(/C=C/c1ccccc1)Nc1ccc(C(=O)c2ccccc2)cc1. The van der Waals surface area contributed by atoms with Crippen molar-refractivity contribution in [2.75, 3.05) is 5.32 Å². The predicted molar refractivity (Wildman–Crippen MR) is 123 cm³/mol. The standard InChI is InChI=1S/C22H17NO2.2C2H6/c24-21(16-11-17-7-3-1-4-8-17)23-20-14-12-19(13-15-20)22(25)18-9-5-2-6-10-18;2*1-2/h1-16H,(H,23,24);2*1-2H3/b16-11+;;. The molecule has 0 saturated carbocycles. The zero-order valence-corrected chi connectivity index (χ0v) is 17.6. The number of benzene rings is 3. The second-order valence-corrected chi connectivity index (χ2v) is 5.51. The van der Waals surface area contributed by atoms with Gasteiger partial charge in [-0.15, -0.1) is 0 Å². The summed E-state index contributed by atoms with van der Waals surface area (Å²) in [6, 6.07) is 25.6. The number of nitrogens with one attached hydrogen (secondary N) is 1. The number of amides is 1. The summed E-state index contributed by atoms with van der Waals surface area (Å²) in [6.45, 7) is 8.00. The topological polar surface area (TPSA) is 46.2 Å². The molecule has 3 rings (SSSR count). The number of hydrogen-bond donors (Lipinski definition) is 1. The van der Waals surface area contributed by atoms with E-state index in [-0.39, 0.29) is 11.7 Å². The maximum absolute atomic E-state index is 12.3. The molecule has 0 aliphatic heterocycles. The van der Waals surface area contributed by atoms with E-state index in [1.807, 2.05) is 76.2 Å². The zero-order chi connectivity index (χ0) is 21.5. The van der Waals surface area contributed by atoms with Gasteiger partial charge >= 0.3 is 0 Å². The van der Waals surface area contributed by atoms with Crippen molar-refractivity contribution in [2.45, 2.75) is 27.7 Å². The molecule has 0 aliphatic rings. The Morgan fingerprint density at radius 3 is 1.69 bits per heavy atom. The summed E-state index contributed by atoms with van der Waals surface area (Å²) < 4.78 is 0. The van der Waals surface area contributed by atoms with E-state index in [1.165, 1.54) is 6.08 Å². The summed E-state index contributed by atoms with van der Waals surface area (Å²) in [4.78, 5) is 24.3. The lowest BCUT2D eigenvalue weighted by molar-refractivity contribution is -0.111. The first-order valence-corrected chi connectivity index (χ1v) is 9.96. The lowest BCUT2D eigenvalue weighted by atomic mass is 10.0. The van der Waals surface area contributed by atoms with Crippen LogP contribution < -0.4 is 5.32 Å². The monoisotopic (exact) mass is 387 g/mol. The first-order chi connectivity index (χ1) is 14.2. The highest BCUT2D eigenvalue weighted by Crippen LogP contribution is 2.14. The number of anilines is 1. The number of carbonyl (C=O) groups is 2. The number of hydrogen-bond acceptors (Lipinski definition) is 2. The van der Waals surface area contributed by atoms with Crippen LogP contribution in [0.5, 0.6) is 0 Å². The van der Waals surface area contributed by atoms with Gasteiger partial charge < -0.3 is 5.32 Å². The molecule has 1 amide bonds. The number of ketones is 1. The quantitative estimate of drug-likeness (QED) is 0.395. The summed E-state index contributed by atoms with van der Waals surface area (Å²) in [5, 5.41) is 2.78. The lowest BCUT2D eigenvalue weighted by Gasteiger charge is -2.04. The van der Waals surface area contributed by atoms with E-state index in [0.717, 1.165) is 5.56 Å². The minimum Gasteiger partial charge on any atom is -0.323 e. The average Bonchev–Trinajstić information content (AvgIpc) is 2.82. The third kappa shape index (κ3) is 7.97. The number of carbonyl (C=O) groups excluding carboxylic acids is 2. The Labute approximate surface area is 174 Å². The highest BCUT2D eigenvalue weighted by molar-refractivity contribution is 6.09. The van der Waals surface area contributed by atoms with Crippen molar-refractivity contribution >= 4 is 23.5 Å². The van der Waals surface area contributed by atoms with Crippen molar-refractivity contribution in [3.05, 3.63) is 108 Å². The van der Waals surface area contributed by atoms with Gasteiger partial charge in [-0.3, -0.25) is 9.59 Å². The van der Waals surface area contributed by atoms with E-state index >= 15 is 0 Å². The first kappa shape index (κ1) is 23.6. The maximum Gasteiger partial charge on any atom is 0.248 e. The van der Waals surface area contributed by atoms with Crippen molar-refractivity contribution in [1.29, 1.82) is 0 Å². The summed E-state index contributed by atoms with van der Waals surface area (Å²) >= 11 is 0. The van der Waals surface area contributed by atoms with Crippen molar-refractivity contribution in [3.63, 3.8) is 0 Å². The van der Waals surface area contributed by atoms with E-state index < -0.39 is 0 Å². The molecule has 0 saturated heterocycles. The molecule has 0 aromatic heterocycles. The van der Waals surface area contributed by atoms with Gasteiger partial charge in [0.2, 0.25) is 5.91 Å². The molecular weight excluding hydrogens is 358 g/mol. The third-order valence-corrected chi connectivity index (χ3v) is 3.68. The van der Waals surface area contributed by atoms with Gasteiger partial charge in [0.25, 0.3) is 0 Å². The second-order valence-electron chi connectivity index (χ2n) is 5.51. The summed E-state index contributed by atoms with van der Waals surface area (Å²) in [5.74, 6) is -0.256. The van der Waals surface area contributed by atoms with Gasteiger partial charge in [0.05, 0.1) is 0 Å². The molecular formula is C26H29NO2. The summed E-state index contributed by atoms with van der Waals surface area (Å²) in [5.41, 5.74) is 2.84. The smallest absolute Gasteiger partial charge is 0.248 e. The van der Waals surface area contributed by atoms with Crippen LogP contribution in [-0.4, -0.2) is 11.7 Å². The molecule has 29 heavy (non-hydrogen) atoms. The Bertz CT molecular complexity index is 883. The largest absolute Gasteiger partial charge is 0.323 e. The summed E-state index contributed by atoms with van der Waals surface area (Å²) in [7, 11) is 0. The Morgan fingerprint density at radius 2 is 1.14 bits per heavy atom. The van der Waals surface area contributed by atoms with E-state index in [2.05, 4.69) is 5.32 Å². The molecule has 3 aromatic carbocycles. The molecule has 0 spiro atoms. The normalized spacial score (nSPS) is 9.52. The molecule has 3 nitrogen and oxygen atoms in total. The van der Waals surface area contributed by atoms with E-state index in [9.17, 15) is 9.59 Å². The molecule has 3 heteroatoms. The van der Waals surface area contributed by atoms with Gasteiger partial charge in [0, 0.05) is 22.9 Å². The predicted octanol–water partition coefficient (Wildman–Crippen LogP) is 6.62. The maximum atomic E-state index is 12.3. The van der Waals surface area contributed by atoms with Crippen molar-refractivity contribution < 1.29 is 9.59 Å². The minimum absolute atomic E-state index is 0.0394. The number of rotatable bonds is 5. The van der Waals surface area contributed by atoms with Gasteiger partial charge in [-0.05, 0) is 35.9 Å². The molecule has 150 valence electrons. The lowest BCUT2D eigenvalue weighted by Crippen LogP contribution is -2.08. The van der Waals surface area contributed by atoms with Gasteiger partial charge in [0.1, 0.15) is 0 Å². The van der Waals surface area contributed by atoms with Crippen LogP contribution in [-0.2, 0) is 4.79 Å². The van der Waals surface area contributed by atoms with Crippen LogP contribution in [0.2, 0.25) is 0 Å². The van der Waals surface area contributed by atoms with E-state index in [0.29, 0.717) is 16.8 Å². The fraction of sp³-hybridized carbons (Fsp3) is 0.154. The van der Waals surface area contributed by atoms with Gasteiger partial charge in [-0.25, -0.2) is 0 Å². The fourth-order valence-electron chi connectivity index (χ4n) is 2.38. The highest BCUT2D eigenvalue weighted by Gasteiger charge is 2.08. The Balaban J connectivity index is 0.000000989. The molecule has 0 fully saturated rings. The highest BCUT2D eigenvalue weighted by atomic mass is 16.1. The molecule has 0 aliphatic carbocycles. The first-order valence-electron chi connectivity index (χ1n) is 9.96. The molecule has 0 radical (unpaired) electrons. The zero-order valence-electron chi connectivity index (χ0n) is 17.6. The Morgan fingerprint density at radius 1 is 0.655 bits per heavy atom. The van der Waals surface area contributed by atoms with Crippen LogP contribution in [0.3, 0.4) is 0 Å².